The summed E-state index contributed by atoms with van der Waals surface area (Å²) >= 11 is 0. The first-order valence-electron chi connectivity index (χ1n) is 5.85. The zero-order valence-electron chi connectivity index (χ0n) is 8.96. The number of carbonyl (C=O) groups is 1. The standard InChI is InChI=1S/C11H20N2O/c1-2-4-11(14)13-8-7-12-9-5-3-6-10(9)13/h9-10,12H,2-8H2,1H3. The molecule has 0 aromatic carbocycles. The molecule has 0 aromatic rings. The third-order valence-electron chi connectivity index (χ3n) is 3.42. The van der Waals surface area contributed by atoms with Gasteiger partial charge in [-0.1, -0.05) is 6.92 Å². The average Bonchev–Trinajstić information content (AvgIpc) is 2.65. The molecular weight excluding hydrogens is 176 g/mol. The molecule has 1 saturated carbocycles. The summed E-state index contributed by atoms with van der Waals surface area (Å²) in [5, 5.41) is 3.51. The molecule has 0 aromatic heterocycles. The van der Waals surface area contributed by atoms with E-state index in [-0.39, 0.29) is 0 Å². The zero-order chi connectivity index (χ0) is 9.97. The van der Waals surface area contributed by atoms with Crippen molar-refractivity contribution < 1.29 is 4.79 Å². The van der Waals surface area contributed by atoms with Crippen LogP contribution in [-0.2, 0) is 4.79 Å². The Bertz CT molecular complexity index is 217. The van der Waals surface area contributed by atoms with E-state index in [4.69, 9.17) is 0 Å². The number of rotatable bonds is 2. The number of hydrogen-bond acceptors (Lipinski definition) is 2. The predicted octanol–water partition coefficient (Wildman–Crippen LogP) is 1.14. The number of piperazine rings is 1. The van der Waals surface area contributed by atoms with E-state index in [9.17, 15) is 4.79 Å². The van der Waals surface area contributed by atoms with Gasteiger partial charge < -0.3 is 10.2 Å². The summed E-state index contributed by atoms with van der Waals surface area (Å²) in [4.78, 5) is 14.0. The van der Waals surface area contributed by atoms with E-state index in [1.165, 1.54) is 19.3 Å². The summed E-state index contributed by atoms with van der Waals surface area (Å²) in [6, 6.07) is 1.09. The van der Waals surface area contributed by atoms with Crippen molar-refractivity contribution in [2.24, 2.45) is 0 Å². The Morgan fingerprint density at radius 3 is 3.14 bits per heavy atom. The monoisotopic (exact) mass is 196 g/mol. The molecule has 0 spiro atoms. The molecule has 2 aliphatic rings. The second kappa shape index (κ2) is 4.30. The highest BCUT2D eigenvalue weighted by Gasteiger charge is 2.36. The minimum Gasteiger partial charge on any atom is -0.337 e. The van der Waals surface area contributed by atoms with E-state index in [0.717, 1.165) is 25.9 Å². The minimum absolute atomic E-state index is 0.367. The molecule has 80 valence electrons. The van der Waals surface area contributed by atoms with Gasteiger partial charge in [-0.2, -0.15) is 0 Å². The summed E-state index contributed by atoms with van der Waals surface area (Å²) in [5.74, 6) is 0.367. The van der Waals surface area contributed by atoms with E-state index < -0.39 is 0 Å². The van der Waals surface area contributed by atoms with Crippen LogP contribution in [0.3, 0.4) is 0 Å². The van der Waals surface area contributed by atoms with Gasteiger partial charge in [0.25, 0.3) is 0 Å². The molecule has 1 aliphatic carbocycles. The molecule has 3 nitrogen and oxygen atoms in total. The SMILES string of the molecule is CCCC(=O)N1CCNC2CCCC21. The lowest BCUT2D eigenvalue weighted by Gasteiger charge is -2.38. The van der Waals surface area contributed by atoms with Crippen molar-refractivity contribution >= 4 is 5.91 Å². The molecular formula is C11H20N2O. The molecule has 1 saturated heterocycles. The van der Waals surface area contributed by atoms with E-state index >= 15 is 0 Å². The first-order chi connectivity index (χ1) is 6.83. The third-order valence-corrected chi connectivity index (χ3v) is 3.42. The molecule has 2 fully saturated rings. The highest BCUT2D eigenvalue weighted by atomic mass is 16.2. The van der Waals surface area contributed by atoms with Crippen LogP contribution in [0.4, 0.5) is 0 Å². The molecule has 2 atom stereocenters. The van der Waals surface area contributed by atoms with Gasteiger partial charge in [-0.25, -0.2) is 0 Å². The zero-order valence-corrected chi connectivity index (χ0v) is 8.96. The maximum atomic E-state index is 11.8. The topological polar surface area (TPSA) is 32.3 Å². The van der Waals surface area contributed by atoms with Gasteiger partial charge in [-0.15, -0.1) is 0 Å². The second-order valence-corrected chi connectivity index (χ2v) is 4.40. The van der Waals surface area contributed by atoms with Gasteiger partial charge in [0.05, 0.1) is 0 Å². The normalized spacial score (nSPS) is 31.6. The predicted molar refractivity (Wildman–Crippen MR) is 56.1 cm³/mol. The number of amides is 1. The fraction of sp³-hybridized carbons (Fsp3) is 0.909. The molecule has 2 rings (SSSR count). The van der Waals surface area contributed by atoms with Gasteiger partial charge in [0.2, 0.25) is 5.91 Å². The Hall–Kier alpha value is -0.570. The van der Waals surface area contributed by atoms with Gasteiger partial charge in [0, 0.05) is 31.6 Å². The van der Waals surface area contributed by atoms with Crippen LogP contribution in [-0.4, -0.2) is 36.0 Å². The molecule has 1 amide bonds. The first kappa shape index (κ1) is 9.97. The third kappa shape index (κ3) is 1.78. The molecule has 3 heteroatoms. The average molecular weight is 196 g/mol. The van der Waals surface area contributed by atoms with Crippen molar-refractivity contribution in [3.8, 4) is 0 Å². The highest BCUT2D eigenvalue weighted by Crippen LogP contribution is 2.26. The summed E-state index contributed by atoms with van der Waals surface area (Å²) in [5.41, 5.74) is 0. The molecule has 14 heavy (non-hydrogen) atoms. The fourth-order valence-electron chi connectivity index (χ4n) is 2.75. The maximum Gasteiger partial charge on any atom is 0.222 e. The second-order valence-electron chi connectivity index (χ2n) is 4.40. The molecule has 1 N–H and O–H groups in total. The van der Waals surface area contributed by atoms with Crippen molar-refractivity contribution in [3.63, 3.8) is 0 Å². The van der Waals surface area contributed by atoms with Gasteiger partial charge in [0.1, 0.15) is 0 Å². The lowest BCUT2D eigenvalue weighted by atomic mass is 10.1. The van der Waals surface area contributed by atoms with Crippen LogP contribution in [0.1, 0.15) is 39.0 Å². The van der Waals surface area contributed by atoms with Gasteiger partial charge in [-0.05, 0) is 25.7 Å². The summed E-state index contributed by atoms with van der Waals surface area (Å²) in [6.07, 6.45) is 5.43. The van der Waals surface area contributed by atoms with Gasteiger partial charge in [0.15, 0.2) is 0 Å². The van der Waals surface area contributed by atoms with E-state index in [1.807, 2.05) is 0 Å². The Morgan fingerprint density at radius 2 is 2.36 bits per heavy atom. The lowest BCUT2D eigenvalue weighted by Crippen LogP contribution is -2.57. The molecule has 0 radical (unpaired) electrons. The summed E-state index contributed by atoms with van der Waals surface area (Å²) in [6.45, 7) is 3.98. The number of hydrogen-bond donors (Lipinski definition) is 1. The minimum atomic E-state index is 0.367. The Kier molecular flexibility index (Phi) is 3.06. The molecule has 2 unspecified atom stereocenters. The molecule has 1 heterocycles. The van der Waals surface area contributed by atoms with E-state index in [2.05, 4.69) is 17.1 Å². The van der Waals surface area contributed by atoms with Crippen LogP contribution in [0.5, 0.6) is 0 Å². The van der Waals surface area contributed by atoms with Gasteiger partial charge >= 0.3 is 0 Å². The molecule has 0 bridgehead atoms. The van der Waals surface area contributed by atoms with Crippen molar-refractivity contribution in [1.82, 2.24) is 10.2 Å². The quantitative estimate of drug-likeness (QED) is 0.718. The number of nitrogens with one attached hydrogen (secondary N) is 1. The fourth-order valence-corrected chi connectivity index (χ4v) is 2.75. The Balaban J connectivity index is 1.99. The Labute approximate surface area is 85.8 Å². The van der Waals surface area contributed by atoms with Crippen LogP contribution in [0.2, 0.25) is 0 Å². The maximum absolute atomic E-state index is 11.8. The Morgan fingerprint density at radius 1 is 1.50 bits per heavy atom. The van der Waals surface area contributed by atoms with Crippen molar-refractivity contribution in [3.05, 3.63) is 0 Å². The van der Waals surface area contributed by atoms with Crippen LogP contribution >= 0.6 is 0 Å². The smallest absolute Gasteiger partial charge is 0.222 e. The van der Waals surface area contributed by atoms with Crippen molar-refractivity contribution in [2.75, 3.05) is 13.1 Å². The van der Waals surface area contributed by atoms with Crippen LogP contribution in [0, 0.1) is 0 Å². The number of fused-ring (bicyclic) bond motifs is 1. The lowest BCUT2D eigenvalue weighted by molar-refractivity contribution is -0.135. The van der Waals surface area contributed by atoms with Crippen molar-refractivity contribution in [1.29, 1.82) is 0 Å². The number of nitrogens with zero attached hydrogens (tertiary/aromatic N) is 1. The number of carbonyl (C=O) groups excluding carboxylic acids is 1. The molecule has 1 aliphatic heterocycles. The largest absolute Gasteiger partial charge is 0.337 e. The summed E-state index contributed by atoms with van der Waals surface area (Å²) < 4.78 is 0. The highest BCUT2D eigenvalue weighted by molar-refractivity contribution is 5.76. The van der Waals surface area contributed by atoms with Crippen molar-refractivity contribution in [2.45, 2.75) is 51.1 Å². The summed E-state index contributed by atoms with van der Waals surface area (Å²) in [7, 11) is 0. The van der Waals surface area contributed by atoms with Crippen LogP contribution < -0.4 is 5.32 Å². The van der Waals surface area contributed by atoms with E-state index in [1.54, 1.807) is 0 Å². The van der Waals surface area contributed by atoms with Gasteiger partial charge in [-0.3, -0.25) is 4.79 Å². The first-order valence-corrected chi connectivity index (χ1v) is 5.85. The van der Waals surface area contributed by atoms with Crippen LogP contribution in [0.15, 0.2) is 0 Å². The van der Waals surface area contributed by atoms with E-state index in [0.29, 0.717) is 18.0 Å². The van der Waals surface area contributed by atoms with Crippen LogP contribution in [0.25, 0.3) is 0 Å².